The number of sulfone groups is 1. The van der Waals surface area contributed by atoms with E-state index in [0.29, 0.717) is 13.0 Å². The van der Waals surface area contributed by atoms with Crippen LogP contribution in [0.25, 0.3) is 0 Å². The van der Waals surface area contributed by atoms with Crippen LogP contribution in [0.15, 0.2) is 41.8 Å². The van der Waals surface area contributed by atoms with Crippen LogP contribution in [0.2, 0.25) is 0 Å². The molecule has 0 saturated carbocycles. The number of amides is 2. The van der Waals surface area contributed by atoms with Crippen molar-refractivity contribution >= 4 is 27.2 Å². The molecule has 2 aromatic rings. The summed E-state index contributed by atoms with van der Waals surface area (Å²) in [6, 6.07) is 11.5. The summed E-state index contributed by atoms with van der Waals surface area (Å²) in [5.41, 5.74) is 2.26. The van der Waals surface area contributed by atoms with Crippen molar-refractivity contribution in [3.8, 4) is 0 Å². The van der Waals surface area contributed by atoms with E-state index < -0.39 is 9.84 Å². The Bertz CT molecular complexity index is 877. The fourth-order valence-electron chi connectivity index (χ4n) is 3.70. The van der Waals surface area contributed by atoms with Gasteiger partial charge >= 0.3 is 6.03 Å². The van der Waals surface area contributed by atoms with Gasteiger partial charge in [-0.05, 0) is 35.4 Å². The van der Waals surface area contributed by atoms with E-state index in [1.54, 1.807) is 11.3 Å². The average molecular weight is 377 g/mol. The van der Waals surface area contributed by atoms with Crippen LogP contribution in [0.1, 0.15) is 28.5 Å². The zero-order valence-electron chi connectivity index (χ0n) is 13.7. The summed E-state index contributed by atoms with van der Waals surface area (Å²) in [5.74, 6) is 0.209. The smallest absolute Gasteiger partial charge is 0.318 e. The first-order valence-electron chi connectivity index (χ1n) is 8.42. The van der Waals surface area contributed by atoms with Crippen molar-refractivity contribution in [1.82, 2.24) is 10.2 Å². The molecule has 7 heteroatoms. The Balaban J connectivity index is 1.60. The Morgan fingerprint density at radius 1 is 1.20 bits per heavy atom. The predicted molar refractivity (Wildman–Crippen MR) is 98.6 cm³/mol. The molecule has 0 radical (unpaired) electrons. The number of rotatable bonds is 2. The number of hydrogen-bond acceptors (Lipinski definition) is 4. The van der Waals surface area contributed by atoms with Crippen molar-refractivity contribution in [2.45, 2.75) is 24.9 Å². The molecule has 132 valence electrons. The Hall–Kier alpha value is -1.86. The summed E-state index contributed by atoms with van der Waals surface area (Å²) in [4.78, 5) is 16.1. The van der Waals surface area contributed by atoms with E-state index in [9.17, 15) is 13.2 Å². The van der Waals surface area contributed by atoms with E-state index >= 15 is 0 Å². The summed E-state index contributed by atoms with van der Waals surface area (Å²) in [6.45, 7) is 0.637. The van der Waals surface area contributed by atoms with Gasteiger partial charge in [-0.2, -0.15) is 0 Å². The standard InChI is InChI=1S/C18H20N2O3S2/c21-18(19-14-8-11-25(22,23)12-14)20-9-6-16-15(7-10-24-16)17(20)13-4-2-1-3-5-13/h1-5,7,10,14,17H,6,8-9,11-12H2,(H,19,21). The van der Waals surface area contributed by atoms with Crippen LogP contribution in [0.5, 0.6) is 0 Å². The van der Waals surface area contributed by atoms with Gasteiger partial charge < -0.3 is 10.2 Å². The molecule has 0 aliphatic carbocycles. The van der Waals surface area contributed by atoms with E-state index in [1.807, 2.05) is 35.2 Å². The normalized spacial score (nSPS) is 24.7. The van der Waals surface area contributed by atoms with Crippen LogP contribution in [0, 0.1) is 0 Å². The number of nitrogens with zero attached hydrogens (tertiary/aromatic N) is 1. The lowest BCUT2D eigenvalue weighted by Crippen LogP contribution is -2.49. The molecule has 25 heavy (non-hydrogen) atoms. The van der Waals surface area contributed by atoms with Crippen molar-refractivity contribution in [3.05, 3.63) is 57.8 Å². The van der Waals surface area contributed by atoms with E-state index in [4.69, 9.17) is 0 Å². The molecule has 2 unspecified atom stereocenters. The Morgan fingerprint density at radius 3 is 2.72 bits per heavy atom. The number of thiophene rings is 1. The molecule has 1 N–H and O–H groups in total. The molecule has 3 heterocycles. The Labute approximate surface area is 151 Å². The van der Waals surface area contributed by atoms with E-state index in [1.165, 1.54) is 10.4 Å². The second-order valence-corrected chi connectivity index (χ2v) is 9.83. The first-order valence-corrected chi connectivity index (χ1v) is 11.1. The summed E-state index contributed by atoms with van der Waals surface area (Å²) < 4.78 is 23.3. The van der Waals surface area contributed by atoms with Crippen LogP contribution >= 0.6 is 11.3 Å². The van der Waals surface area contributed by atoms with Gasteiger partial charge in [0.15, 0.2) is 9.84 Å². The molecule has 1 aromatic heterocycles. The van der Waals surface area contributed by atoms with Crippen molar-refractivity contribution in [1.29, 1.82) is 0 Å². The first kappa shape index (κ1) is 16.6. The minimum Gasteiger partial charge on any atom is -0.334 e. The molecule has 2 aliphatic rings. The molecule has 0 spiro atoms. The number of nitrogens with one attached hydrogen (secondary N) is 1. The van der Waals surface area contributed by atoms with Gasteiger partial charge in [-0.25, -0.2) is 13.2 Å². The molecule has 2 amide bonds. The highest BCUT2D eigenvalue weighted by atomic mass is 32.2. The molecular formula is C18H20N2O3S2. The molecule has 4 rings (SSSR count). The zero-order chi connectivity index (χ0) is 17.4. The number of carbonyl (C=O) groups excluding carboxylic acids is 1. The third-order valence-corrected chi connectivity index (χ3v) is 7.67. The monoisotopic (exact) mass is 376 g/mol. The van der Waals surface area contributed by atoms with E-state index in [-0.39, 0.29) is 29.6 Å². The Kier molecular flexibility index (Phi) is 4.29. The lowest BCUT2D eigenvalue weighted by Gasteiger charge is -2.36. The fourth-order valence-corrected chi connectivity index (χ4v) is 6.27. The van der Waals surface area contributed by atoms with E-state index in [2.05, 4.69) is 16.8 Å². The summed E-state index contributed by atoms with van der Waals surface area (Å²) in [7, 11) is -3.01. The van der Waals surface area contributed by atoms with Gasteiger partial charge in [0.2, 0.25) is 0 Å². The number of carbonyl (C=O) groups is 1. The fraction of sp³-hybridized carbons (Fsp3) is 0.389. The molecule has 5 nitrogen and oxygen atoms in total. The molecule has 2 atom stereocenters. The third-order valence-electron chi connectivity index (χ3n) is 4.90. The number of hydrogen-bond donors (Lipinski definition) is 1. The van der Waals surface area contributed by atoms with E-state index in [0.717, 1.165) is 12.0 Å². The topological polar surface area (TPSA) is 66.5 Å². The molecular weight excluding hydrogens is 356 g/mol. The predicted octanol–water partition coefficient (Wildman–Crippen LogP) is 2.59. The first-order chi connectivity index (χ1) is 12.0. The van der Waals surface area contributed by atoms with Gasteiger partial charge in [-0.15, -0.1) is 11.3 Å². The van der Waals surface area contributed by atoms with Gasteiger partial charge in [0.25, 0.3) is 0 Å². The van der Waals surface area contributed by atoms with Crippen LogP contribution in [-0.4, -0.2) is 43.4 Å². The zero-order valence-corrected chi connectivity index (χ0v) is 15.4. The van der Waals surface area contributed by atoms with Crippen molar-refractivity contribution in [3.63, 3.8) is 0 Å². The minimum absolute atomic E-state index is 0.0479. The maximum atomic E-state index is 12.9. The van der Waals surface area contributed by atoms with Crippen LogP contribution < -0.4 is 5.32 Å². The highest BCUT2D eigenvalue weighted by Gasteiger charge is 2.35. The van der Waals surface area contributed by atoms with Crippen molar-refractivity contribution in [2.24, 2.45) is 0 Å². The molecule has 1 aromatic carbocycles. The summed E-state index contributed by atoms with van der Waals surface area (Å²) >= 11 is 1.73. The van der Waals surface area contributed by atoms with Gasteiger partial charge in [-0.3, -0.25) is 0 Å². The van der Waals surface area contributed by atoms with Crippen LogP contribution in [0.3, 0.4) is 0 Å². The second-order valence-electron chi connectivity index (χ2n) is 6.61. The SMILES string of the molecule is O=C(NC1CCS(=O)(=O)C1)N1CCc2sccc2C1c1ccccc1. The summed E-state index contributed by atoms with van der Waals surface area (Å²) in [6.07, 6.45) is 1.34. The maximum absolute atomic E-state index is 12.9. The van der Waals surface area contributed by atoms with Gasteiger partial charge in [0, 0.05) is 17.5 Å². The van der Waals surface area contributed by atoms with Crippen LogP contribution in [-0.2, 0) is 16.3 Å². The van der Waals surface area contributed by atoms with Crippen molar-refractivity contribution < 1.29 is 13.2 Å². The maximum Gasteiger partial charge on any atom is 0.318 e. The number of urea groups is 1. The van der Waals surface area contributed by atoms with Gasteiger partial charge in [0.05, 0.1) is 17.5 Å². The van der Waals surface area contributed by atoms with Crippen molar-refractivity contribution in [2.75, 3.05) is 18.1 Å². The summed E-state index contributed by atoms with van der Waals surface area (Å²) in [5, 5.41) is 5.01. The molecule has 2 aliphatic heterocycles. The number of fused-ring (bicyclic) bond motifs is 1. The number of benzene rings is 1. The van der Waals surface area contributed by atoms with Gasteiger partial charge in [0.1, 0.15) is 0 Å². The quantitative estimate of drug-likeness (QED) is 0.876. The highest BCUT2D eigenvalue weighted by molar-refractivity contribution is 7.91. The second kappa shape index (κ2) is 6.46. The molecule has 1 saturated heterocycles. The lowest BCUT2D eigenvalue weighted by atomic mass is 9.93. The largest absolute Gasteiger partial charge is 0.334 e. The Morgan fingerprint density at radius 2 is 2.00 bits per heavy atom. The average Bonchev–Trinajstić information content (AvgIpc) is 3.20. The molecule has 0 bridgehead atoms. The van der Waals surface area contributed by atoms with Crippen LogP contribution in [0.4, 0.5) is 4.79 Å². The molecule has 1 fully saturated rings. The lowest BCUT2D eigenvalue weighted by molar-refractivity contribution is 0.177. The minimum atomic E-state index is -3.01. The highest BCUT2D eigenvalue weighted by Crippen LogP contribution is 2.37. The van der Waals surface area contributed by atoms with Gasteiger partial charge in [-0.1, -0.05) is 30.3 Å². The third kappa shape index (κ3) is 3.30.